The maximum absolute atomic E-state index is 12.3. The van der Waals surface area contributed by atoms with E-state index < -0.39 is 12.0 Å². The van der Waals surface area contributed by atoms with Gasteiger partial charge in [-0.15, -0.1) is 0 Å². The van der Waals surface area contributed by atoms with Crippen molar-refractivity contribution in [2.45, 2.75) is 0 Å². The monoisotopic (exact) mass is 352 g/mol. The lowest BCUT2D eigenvalue weighted by Crippen LogP contribution is -2.24. The molecule has 7 nitrogen and oxygen atoms in total. The summed E-state index contributed by atoms with van der Waals surface area (Å²) in [6.45, 7) is 1.67. The first-order chi connectivity index (χ1) is 12.6. The fraction of sp³-hybridized carbons (Fsp3) is 0.211. The summed E-state index contributed by atoms with van der Waals surface area (Å²) in [5.74, 6) is 0.461. The van der Waals surface area contributed by atoms with Crippen molar-refractivity contribution in [1.29, 1.82) is 0 Å². The Bertz CT molecular complexity index is 863. The van der Waals surface area contributed by atoms with Crippen LogP contribution in [0.3, 0.4) is 0 Å². The number of likely N-dealkylation sites (N-methyl/N-ethyl adjacent to an activating group) is 1. The van der Waals surface area contributed by atoms with Gasteiger partial charge < -0.3 is 20.3 Å². The molecule has 2 amide bonds. The van der Waals surface area contributed by atoms with E-state index in [1.54, 1.807) is 24.3 Å². The third kappa shape index (κ3) is 4.00. The zero-order valence-corrected chi connectivity index (χ0v) is 14.7. The van der Waals surface area contributed by atoms with Gasteiger partial charge in [0.15, 0.2) is 0 Å². The van der Waals surface area contributed by atoms with Gasteiger partial charge in [-0.3, -0.25) is 4.99 Å². The van der Waals surface area contributed by atoms with Crippen LogP contribution in [-0.2, 0) is 4.74 Å². The summed E-state index contributed by atoms with van der Waals surface area (Å²) in [5.41, 5.74) is 2.48. The van der Waals surface area contributed by atoms with Crippen LogP contribution < -0.4 is 10.6 Å². The summed E-state index contributed by atoms with van der Waals surface area (Å²) in [4.78, 5) is 30.4. The molecule has 1 aliphatic heterocycles. The molecule has 2 aromatic rings. The Labute approximate surface area is 151 Å². The van der Waals surface area contributed by atoms with Gasteiger partial charge in [0.25, 0.3) is 0 Å². The summed E-state index contributed by atoms with van der Waals surface area (Å²) < 4.78 is 4.68. The van der Waals surface area contributed by atoms with Gasteiger partial charge in [-0.05, 0) is 30.3 Å². The number of nitrogens with one attached hydrogen (secondary N) is 2. The number of carbonyl (C=O) groups excluding carboxylic acids is 2. The average Bonchev–Trinajstić information content (AvgIpc) is 3.07. The largest absolute Gasteiger partial charge is 0.465 e. The maximum Gasteiger partial charge on any atom is 0.337 e. The molecule has 2 N–H and O–H groups in total. The minimum atomic E-state index is -0.455. The van der Waals surface area contributed by atoms with E-state index in [-0.39, 0.29) is 0 Å². The number of ether oxygens (including phenoxy) is 1. The van der Waals surface area contributed by atoms with Crippen LogP contribution in [0.4, 0.5) is 16.2 Å². The maximum atomic E-state index is 12.3. The Morgan fingerprint density at radius 1 is 1.08 bits per heavy atom. The Morgan fingerprint density at radius 3 is 2.42 bits per heavy atom. The highest BCUT2D eigenvalue weighted by atomic mass is 16.5. The van der Waals surface area contributed by atoms with Gasteiger partial charge >= 0.3 is 12.0 Å². The van der Waals surface area contributed by atoms with Crippen LogP contribution in [0.5, 0.6) is 0 Å². The molecule has 0 atom stereocenters. The fourth-order valence-electron chi connectivity index (χ4n) is 2.72. The summed E-state index contributed by atoms with van der Waals surface area (Å²) in [6, 6.07) is 13.7. The standard InChI is InChI=1S/C19H20N4O3/c1-23-10-9-20-17(23)13-5-3-7-15(11-13)21-19(25)22-16-8-4-6-14(12-16)18(24)26-2/h3-8,11-12H,9-10H2,1-2H3,(H2,21,22,25). The first-order valence-corrected chi connectivity index (χ1v) is 8.19. The number of amides is 2. The number of urea groups is 1. The topological polar surface area (TPSA) is 83.0 Å². The van der Waals surface area contributed by atoms with Crippen molar-refractivity contribution in [2.24, 2.45) is 4.99 Å². The van der Waals surface area contributed by atoms with Crippen molar-refractivity contribution in [3.63, 3.8) is 0 Å². The van der Waals surface area contributed by atoms with Crippen molar-refractivity contribution < 1.29 is 14.3 Å². The molecule has 0 radical (unpaired) electrons. The van der Waals surface area contributed by atoms with E-state index in [4.69, 9.17) is 0 Å². The van der Waals surface area contributed by atoms with Gasteiger partial charge in [-0.1, -0.05) is 18.2 Å². The van der Waals surface area contributed by atoms with Crippen molar-refractivity contribution in [3.05, 3.63) is 59.7 Å². The lowest BCUT2D eigenvalue weighted by atomic mass is 10.1. The Morgan fingerprint density at radius 2 is 1.77 bits per heavy atom. The molecule has 7 heteroatoms. The summed E-state index contributed by atoms with van der Waals surface area (Å²) in [7, 11) is 3.31. The van der Waals surface area contributed by atoms with Crippen LogP contribution in [0, 0.1) is 0 Å². The molecular weight excluding hydrogens is 332 g/mol. The molecule has 0 unspecified atom stereocenters. The number of nitrogens with zero attached hydrogens (tertiary/aromatic N) is 2. The molecule has 0 fully saturated rings. The minimum Gasteiger partial charge on any atom is -0.465 e. The number of anilines is 2. The van der Waals surface area contributed by atoms with Crippen LogP contribution >= 0.6 is 0 Å². The lowest BCUT2D eigenvalue weighted by molar-refractivity contribution is 0.0600. The van der Waals surface area contributed by atoms with E-state index in [1.807, 2.05) is 31.3 Å². The molecule has 2 aromatic carbocycles. The third-order valence-electron chi connectivity index (χ3n) is 3.98. The first kappa shape index (κ1) is 17.5. The molecule has 1 aliphatic rings. The van der Waals surface area contributed by atoms with Crippen molar-refractivity contribution in [2.75, 3.05) is 37.9 Å². The van der Waals surface area contributed by atoms with Gasteiger partial charge in [-0.2, -0.15) is 0 Å². The number of aliphatic imine (C=N–C) groups is 1. The number of amidine groups is 1. The predicted octanol–water partition coefficient (Wildman–Crippen LogP) is 2.81. The molecule has 0 bridgehead atoms. The molecule has 0 saturated carbocycles. The van der Waals surface area contributed by atoms with Crippen LogP contribution in [0.15, 0.2) is 53.5 Å². The highest BCUT2D eigenvalue weighted by Gasteiger charge is 2.15. The molecule has 0 aliphatic carbocycles. The number of rotatable bonds is 4. The second-order valence-corrected chi connectivity index (χ2v) is 5.86. The lowest BCUT2D eigenvalue weighted by Gasteiger charge is -2.15. The highest BCUT2D eigenvalue weighted by Crippen LogP contribution is 2.16. The Hall–Kier alpha value is -3.35. The van der Waals surface area contributed by atoms with Crippen molar-refractivity contribution >= 4 is 29.2 Å². The zero-order chi connectivity index (χ0) is 18.5. The number of hydrogen-bond donors (Lipinski definition) is 2. The van der Waals surface area contributed by atoms with Crippen molar-refractivity contribution in [3.8, 4) is 0 Å². The van der Waals surface area contributed by atoms with Gasteiger partial charge in [0.05, 0.1) is 19.2 Å². The minimum absolute atomic E-state index is 0.370. The van der Waals surface area contributed by atoms with Crippen LogP contribution in [0.1, 0.15) is 15.9 Å². The summed E-state index contributed by atoms with van der Waals surface area (Å²) >= 11 is 0. The third-order valence-corrected chi connectivity index (χ3v) is 3.98. The normalized spacial score (nSPS) is 13.2. The van der Waals surface area contributed by atoms with E-state index in [9.17, 15) is 9.59 Å². The van der Waals surface area contributed by atoms with E-state index in [1.165, 1.54) is 7.11 Å². The van der Waals surface area contributed by atoms with Gasteiger partial charge in [0.2, 0.25) is 0 Å². The molecule has 26 heavy (non-hydrogen) atoms. The average molecular weight is 352 g/mol. The molecular formula is C19H20N4O3. The van der Waals surface area contributed by atoms with E-state index in [2.05, 4.69) is 25.3 Å². The van der Waals surface area contributed by atoms with Crippen LogP contribution in [0.25, 0.3) is 0 Å². The molecule has 1 heterocycles. The molecule has 3 rings (SSSR count). The highest BCUT2D eigenvalue weighted by molar-refractivity contribution is 6.03. The van der Waals surface area contributed by atoms with Gasteiger partial charge in [0.1, 0.15) is 5.84 Å². The van der Waals surface area contributed by atoms with E-state index >= 15 is 0 Å². The van der Waals surface area contributed by atoms with E-state index in [0.717, 1.165) is 24.5 Å². The molecule has 0 aromatic heterocycles. The first-order valence-electron chi connectivity index (χ1n) is 8.19. The second kappa shape index (κ2) is 7.69. The Kier molecular flexibility index (Phi) is 5.17. The SMILES string of the molecule is COC(=O)c1cccc(NC(=O)Nc2cccc(C3=NCCN3C)c2)c1. The number of carbonyl (C=O) groups is 2. The summed E-state index contributed by atoms with van der Waals surface area (Å²) in [5, 5.41) is 5.50. The van der Waals surface area contributed by atoms with E-state index in [0.29, 0.717) is 16.9 Å². The molecule has 0 saturated heterocycles. The second-order valence-electron chi connectivity index (χ2n) is 5.86. The Balaban J connectivity index is 1.68. The number of benzene rings is 2. The molecule has 0 spiro atoms. The predicted molar refractivity (Wildman–Crippen MR) is 101 cm³/mol. The molecule has 134 valence electrons. The van der Waals surface area contributed by atoms with Gasteiger partial charge in [0, 0.05) is 30.5 Å². The smallest absolute Gasteiger partial charge is 0.337 e. The summed E-state index contributed by atoms with van der Waals surface area (Å²) in [6.07, 6.45) is 0. The number of methoxy groups -OCH3 is 1. The van der Waals surface area contributed by atoms with Crippen LogP contribution in [-0.4, -0.2) is 50.0 Å². The number of esters is 1. The van der Waals surface area contributed by atoms with Crippen LogP contribution in [0.2, 0.25) is 0 Å². The van der Waals surface area contributed by atoms with Crippen molar-refractivity contribution in [1.82, 2.24) is 4.90 Å². The zero-order valence-electron chi connectivity index (χ0n) is 14.7. The fourth-order valence-corrected chi connectivity index (χ4v) is 2.72. The number of hydrogen-bond acceptors (Lipinski definition) is 5. The quantitative estimate of drug-likeness (QED) is 0.829. The van der Waals surface area contributed by atoms with Gasteiger partial charge in [-0.25, -0.2) is 9.59 Å².